The fraction of sp³-hybridized carbons (Fsp3) is 0.385. The van der Waals surface area contributed by atoms with E-state index in [1.807, 2.05) is 0 Å². The smallest absolute Gasteiger partial charge is 0.338 e. The number of benzene rings is 1. The Morgan fingerprint density at radius 1 is 1.41 bits per heavy atom. The molecule has 0 atom stereocenters. The number of nitrogens with two attached hydrogens (primary N) is 1. The van der Waals surface area contributed by atoms with Crippen molar-refractivity contribution in [2.24, 2.45) is 5.41 Å². The summed E-state index contributed by atoms with van der Waals surface area (Å²) in [5, 5.41) is 8.65. The van der Waals surface area contributed by atoms with Crippen LogP contribution < -0.4 is 5.73 Å². The number of nitrogens with zero attached hydrogens (tertiary/aromatic N) is 1. The molecule has 2 rings (SSSR count). The summed E-state index contributed by atoms with van der Waals surface area (Å²) in [4.78, 5) is 11.7. The van der Waals surface area contributed by atoms with Crippen LogP contribution in [0.25, 0.3) is 0 Å². The molecule has 2 N–H and O–H groups in total. The molecule has 4 nitrogen and oxygen atoms in total. The number of rotatable bonds is 4. The first-order valence-corrected chi connectivity index (χ1v) is 5.55. The van der Waals surface area contributed by atoms with Gasteiger partial charge in [-0.2, -0.15) is 5.26 Å². The first-order chi connectivity index (χ1) is 8.15. The maximum atomic E-state index is 11.7. The van der Waals surface area contributed by atoms with E-state index in [-0.39, 0.29) is 11.4 Å². The van der Waals surface area contributed by atoms with E-state index >= 15 is 0 Å². The third-order valence-corrected chi connectivity index (χ3v) is 3.07. The fourth-order valence-electron chi connectivity index (χ4n) is 1.64. The van der Waals surface area contributed by atoms with Crippen molar-refractivity contribution in [3.05, 3.63) is 29.8 Å². The fourth-order valence-corrected chi connectivity index (χ4v) is 1.64. The van der Waals surface area contributed by atoms with Crippen molar-refractivity contribution < 1.29 is 9.53 Å². The van der Waals surface area contributed by atoms with Crippen LogP contribution in [-0.4, -0.2) is 12.6 Å². The lowest BCUT2D eigenvalue weighted by Crippen LogP contribution is -2.14. The first kappa shape index (κ1) is 11.5. The van der Waals surface area contributed by atoms with Crippen LogP contribution in [0.5, 0.6) is 0 Å². The quantitative estimate of drug-likeness (QED) is 0.635. The number of nitriles is 1. The predicted molar refractivity (Wildman–Crippen MR) is 63.0 cm³/mol. The van der Waals surface area contributed by atoms with Gasteiger partial charge in [-0.25, -0.2) is 4.79 Å². The minimum Gasteiger partial charge on any atom is -0.461 e. The van der Waals surface area contributed by atoms with Crippen molar-refractivity contribution in [2.45, 2.75) is 19.3 Å². The highest BCUT2D eigenvalue weighted by Crippen LogP contribution is 2.48. The van der Waals surface area contributed by atoms with Gasteiger partial charge in [0, 0.05) is 17.5 Å². The van der Waals surface area contributed by atoms with Gasteiger partial charge in [-0.15, -0.1) is 0 Å². The molecule has 0 aliphatic heterocycles. The average molecular weight is 230 g/mol. The van der Waals surface area contributed by atoms with Crippen molar-refractivity contribution in [2.75, 3.05) is 12.3 Å². The SMILES string of the molecule is N#CCC1(COC(=O)c2ccc(N)cc2)CC1. The Labute approximate surface area is 100.0 Å². The highest BCUT2D eigenvalue weighted by molar-refractivity contribution is 5.89. The summed E-state index contributed by atoms with van der Waals surface area (Å²) in [7, 11) is 0. The molecule has 1 aromatic rings. The van der Waals surface area contributed by atoms with Crippen molar-refractivity contribution in [3.63, 3.8) is 0 Å². The minimum atomic E-state index is -0.353. The predicted octanol–water partition coefficient (Wildman–Crippen LogP) is 2.12. The van der Waals surface area contributed by atoms with E-state index in [4.69, 9.17) is 15.7 Å². The van der Waals surface area contributed by atoms with Gasteiger partial charge in [0.15, 0.2) is 0 Å². The molecule has 1 aromatic carbocycles. The molecular formula is C13H14N2O2. The van der Waals surface area contributed by atoms with Crippen LogP contribution in [0.1, 0.15) is 29.6 Å². The van der Waals surface area contributed by atoms with E-state index < -0.39 is 0 Å². The maximum absolute atomic E-state index is 11.7. The second kappa shape index (κ2) is 4.46. The van der Waals surface area contributed by atoms with Gasteiger partial charge in [-0.3, -0.25) is 0 Å². The lowest BCUT2D eigenvalue weighted by atomic mass is 10.1. The third kappa shape index (κ3) is 2.76. The lowest BCUT2D eigenvalue weighted by molar-refractivity contribution is 0.0419. The molecule has 0 aromatic heterocycles. The number of anilines is 1. The summed E-state index contributed by atoms with van der Waals surface area (Å²) in [6.45, 7) is 0.337. The van der Waals surface area contributed by atoms with E-state index in [0.29, 0.717) is 24.3 Å². The summed E-state index contributed by atoms with van der Waals surface area (Å²) in [6.07, 6.45) is 2.40. The van der Waals surface area contributed by atoms with E-state index in [9.17, 15) is 4.79 Å². The molecule has 17 heavy (non-hydrogen) atoms. The van der Waals surface area contributed by atoms with Crippen molar-refractivity contribution >= 4 is 11.7 Å². The Morgan fingerprint density at radius 3 is 2.59 bits per heavy atom. The van der Waals surface area contributed by atoms with Crippen LogP contribution in [0.2, 0.25) is 0 Å². The third-order valence-electron chi connectivity index (χ3n) is 3.07. The van der Waals surface area contributed by atoms with E-state index in [1.54, 1.807) is 24.3 Å². The van der Waals surface area contributed by atoms with Gasteiger partial charge < -0.3 is 10.5 Å². The monoisotopic (exact) mass is 230 g/mol. The number of hydrogen-bond donors (Lipinski definition) is 1. The lowest BCUT2D eigenvalue weighted by Gasteiger charge is -2.11. The Kier molecular flexibility index (Phi) is 3.01. The van der Waals surface area contributed by atoms with Crippen molar-refractivity contribution in [1.82, 2.24) is 0 Å². The molecule has 0 spiro atoms. The van der Waals surface area contributed by atoms with Crippen LogP contribution in [0, 0.1) is 16.7 Å². The second-order valence-corrected chi connectivity index (χ2v) is 4.53. The Balaban J connectivity index is 1.90. The zero-order valence-electron chi connectivity index (χ0n) is 9.48. The Morgan fingerprint density at radius 2 is 2.06 bits per heavy atom. The molecule has 0 saturated heterocycles. The normalized spacial score (nSPS) is 15.9. The van der Waals surface area contributed by atoms with Gasteiger partial charge in [-0.05, 0) is 37.1 Å². The zero-order valence-corrected chi connectivity index (χ0v) is 9.48. The highest BCUT2D eigenvalue weighted by Gasteiger charge is 2.43. The first-order valence-electron chi connectivity index (χ1n) is 5.55. The topological polar surface area (TPSA) is 76.1 Å². The minimum absolute atomic E-state index is 0.0712. The van der Waals surface area contributed by atoms with Crippen LogP contribution in [0.15, 0.2) is 24.3 Å². The van der Waals surface area contributed by atoms with Crippen LogP contribution in [0.3, 0.4) is 0 Å². The number of hydrogen-bond acceptors (Lipinski definition) is 4. The molecule has 88 valence electrons. The van der Waals surface area contributed by atoms with Gasteiger partial charge >= 0.3 is 5.97 Å². The van der Waals surface area contributed by atoms with E-state index in [0.717, 1.165) is 12.8 Å². The molecule has 0 heterocycles. The van der Waals surface area contributed by atoms with E-state index in [1.165, 1.54) is 0 Å². The van der Waals surface area contributed by atoms with Crippen molar-refractivity contribution in [3.8, 4) is 6.07 Å². The average Bonchev–Trinajstić information content (AvgIpc) is 3.08. The second-order valence-electron chi connectivity index (χ2n) is 4.53. The Bertz CT molecular complexity index is 455. The standard InChI is InChI=1S/C13H14N2O2/c14-8-7-13(5-6-13)9-17-12(16)10-1-3-11(15)4-2-10/h1-4H,5-7,9,15H2. The largest absolute Gasteiger partial charge is 0.461 e. The number of esters is 1. The zero-order chi connectivity index (χ0) is 12.3. The summed E-state index contributed by atoms with van der Waals surface area (Å²) < 4.78 is 5.22. The molecule has 1 fully saturated rings. The van der Waals surface area contributed by atoms with Crippen LogP contribution in [0.4, 0.5) is 5.69 Å². The highest BCUT2D eigenvalue weighted by atomic mass is 16.5. The Hall–Kier alpha value is -2.02. The van der Waals surface area contributed by atoms with Gasteiger partial charge in [0.05, 0.1) is 18.2 Å². The maximum Gasteiger partial charge on any atom is 0.338 e. The number of carbonyl (C=O) groups is 1. The molecule has 1 aliphatic carbocycles. The van der Waals surface area contributed by atoms with E-state index in [2.05, 4.69) is 6.07 Å². The van der Waals surface area contributed by atoms with Gasteiger partial charge in [0.2, 0.25) is 0 Å². The van der Waals surface area contributed by atoms with Gasteiger partial charge in [0.25, 0.3) is 0 Å². The number of ether oxygens (including phenoxy) is 1. The molecule has 0 bridgehead atoms. The number of carbonyl (C=O) groups excluding carboxylic acids is 1. The number of nitrogen functional groups attached to an aromatic ring is 1. The molecule has 0 amide bonds. The molecule has 0 radical (unpaired) electrons. The molecule has 1 aliphatic rings. The van der Waals surface area contributed by atoms with Crippen LogP contribution >= 0.6 is 0 Å². The van der Waals surface area contributed by atoms with Crippen molar-refractivity contribution in [1.29, 1.82) is 5.26 Å². The molecule has 4 heteroatoms. The molecule has 1 saturated carbocycles. The molecular weight excluding hydrogens is 216 g/mol. The summed E-state index contributed by atoms with van der Waals surface area (Å²) in [6, 6.07) is 8.75. The van der Waals surface area contributed by atoms with Gasteiger partial charge in [0.1, 0.15) is 0 Å². The summed E-state index contributed by atoms with van der Waals surface area (Å²) >= 11 is 0. The summed E-state index contributed by atoms with van der Waals surface area (Å²) in [5.74, 6) is -0.353. The van der Waals surface area contributed by atoms with Crippen LogP contribution in [-0.2, 0) is 4.74 Å². The summed E-state index contributed by atoms with van der Waals surface area (Å²) in [5.41, 5.74) is 6.57. The van der Waals surface area contributed by atoms with Gasteiger partial charge in [-0.1, -0.05) is 0 Å². The molecule has 0 unspecified atom stereocenters.